The van der Waals surface area contributed by atoms with Crippen molar-refractivity contribution in [1.29, 1.82) is 0 Å². The van der Waals surface area contributed by atoms with E-state index in [1.807, 2.05) is 55.3 Å². The van der Waals surface area contributed by atoms with Crippen LogP contribution in [0.15, 0.2) is 47.5 Å². The number of nitrogens with zero attached hydrogens (tertiary/aromatic N) is 4. The molecule has 0 amide bonds. The van der Waals surface area contributed by atoms with Gasteiger partial charge < -0.3 is 5.73 Å². The minimum atomic E-state index is -0.224. The molecule has 7 heteroatoms. The average molecular weight is 346 g/mol. The summed E-state index contributed by atoms with van der Waals surface area (Å²) in [5.41, 5.74) is 11.0. The second-order valence-electron chi connectivity index (χ2n) is 6.18. The summed E-state index contributed by atoms with van der Waals surface area (Å²) < 4.78 is 1.83. The van der Waals surface area contributed by atoms with Crippen LogP contribution in [0.1, 0.15) is 11.4 Å². The second kappa shape index (κ2) is 6.20. The van der Waals surface area contributed by atoms with Gasteiger partial charge in [-0.1, -0.05) is 6.07 Å². The van der Waals surface area contributed by atoms with Crippen LogP contribution in [-0.4, -0.2) is 25.0 Å². The van der Waals surface area contributed by atoms with Gasteiger partial charge in [-0.3, -0.25) is 14.5 Å². The first-order valence-electron chi connectivity index (χ1n) is 8.25. The molecule has 0 radical (unpaired) electrons. The normalized spacial score (nSPS) is 11.2. The van der Waals surface area contributed by atoms with Crippen molar-refractivity contribution in [2.75, 3.05) is 0 Å². The highest BCUT2D eigenvalue weighted by molar-refractivity contribution is 5.91. The maximum atomic E-state index is 12.0. The van der Waals surface area contributed by atoms with Crippen LogP contribution in [0.2, 0.25) is 0 Å². The van der Waals surface area contributed by atoms with Crippen LogP contribution in [0, 0.1) is 6.92 Å². The van der Waals surface area contributed by atoms with Gasteiger partial charge in [0, 0.05) is 42.0 Å². The zero-order chi connectivity index (χ0) is 18.3. The Bertz CT molecular complexity index is 1160. The van der Waals surface area contributed by atoms with Crippen molar-refractivity contribution < 1.29 is 0 Å². The lowest BCUT2D eigenvalue weighted by atomic mass is 9.99. The number of hydrogen-bond acceptors (Lipinski definition) is 5. The molecule has 26 heavy (non-hydrogen) atoms. The molecule has 0 atom stereocenters. The Hall–Kier alpha value is -3.32. The minimum absolute atomic E-state index is 0.224. The number of rotatable bonds is 3. The zero-order valence-corrected chi connectivity index (χ0v) is 14.5. The molecule has 0 aliphatic rings. The van der Waals surface area contributed by atoms with Crippen molar-refractivity contribution in [3.05, 3.63) is 64.5 Å². The van der Waals surface area contributed by atoms with E-state index < -0.39 is 0 Å². The Morgan fingerprint density at radius 2 is 1.92 bits per heavy atom. The molecule has 0 saturated heterocycles. The number of nitrogens with one attached hydrogen (secondary N) is 1. The van der Waals surface area contributed by atoms with Crippen LogP contribution in [0.4, 0.5) is 0 Å². The summed E-state index contributed by atoms with van der Waals surface area (Å²) in [6.45, 7) is 2.20. The van der Waals surface area contributed by atoms with E-state index in [1.54, 1.807) is 6.07 Å². The Labute approximate surface area is 149 Å². The molecule has 3 heterocycles. The highest BCUT2D eigenvalue weighted by Crippen LogP contribution is 2.33. The average Bonchev–Trinajstić information content (AvgIpc) is 3.04. The molecule has 4 rings (SSSR count). The lowest BCUT2D eigenvalue weighted by Gasteiger charge is -2.09. The van der Waals surface area contributed by atoms with Gasteiger partial charge in [-0.15, -0.1) is 0 Å². The maximum absolute atomic E-state index is 12.0. The SMILES string of the molecule is Cc1ccc(-c2c(-c3ccc4c(=O)[nH]nc(CN)c4c3)cnn2C)cn1. The van der Waals surface area contributed by atoms with Crippen molar-refractivity contribution in [2.24, 2.45) is 12.8 Å². The van der Waals surface area contributed by atoms with Gasteiger partial charge in [0.1, 0.15) is 0 Å². The first-order valence-corrected chi connectivity index (χ1v) is 8.25. The van der Waals surface area contributed by atoms with Gasteiger partial charge in [-0.25, -0.2) is 5.10 Å². The zero-order valence-electron chi connectivity index (χ0n) is 14.5. The number of hydrogen-bond donors (Lipinski definition) is 2. The highest BCUT2D eigenvalue weighted by atomic mass is 16.1. The molecule has 7 nitrogen and oxygen atoms in total. The smallest absolute Gasteiger partial charge is 0.272 e. The van der Waals surface area contributed by atoms with Gasteiger partial charge in [0.2, 0.25) is 0 Å². The van der Waals surface area contributed by atoms with Crippen molar-refractivity contribution >= 4 is 10.8 Å². The third-order valence-corrected chi connectivity index (χ3v) is 4.50. The van der Waals surface area contributed by atoms with E-state index in [2.05, 4.69) is 20.3 Å². The van der Waals surface area contributed by atoms with Crippen molar-refractivity contribution in [3.8, 4) is 22.4 Å². The van der Waals surface area contributed by atoms with Crippen LogP contribution in [0.5, 0.6) is 0 Å². The number of aryl methyl sites for hydroxylation is 2. The third kappa shape index (κ3) is 2.58. The van der Waals surface area contributed by atoms with Crippen molar-refractivity contribution in [3.63, 3.8) is 0 Å². The van der Waals surface area contributed by atoms with Gasteiger partial charge in [0.25, 0.3) is 5.56 Å². The van der Waals surface area contributed by atoms with Crippen LogP contribution < -0.4 is 11.3 Å². The fourth-order valence-electron chi connectivity index (χ4n) is 3.14. The summed E-state index contributed by atoms with van der Waals surface area (Å²) in [5.74, 6) is 0. The first kappa shape index (κ1) is 16.2. The maximum Gasteiger partial charge on any atom is 0.272 e. The summed E-state index contributed by atoms with van der Waals surface area (Å²) in [6.07, 6.45) is 3.66. The van der Waals surface area contributed by atoms with Gasteiger partial charge in [-0.05, 0) is 36.8 Å². The van der Waals surface area contributed by atoms with Gasteiger partial charge in [0.15, 0.2) is 0 Å². The summed E-state index contributed by atoms with van der Waals surface area (Å²) in [4.78, 5) is 16.4. The number of H-pyrrole nitrogens is 1. The Morgan fingerprint density at radius 3 is 2.65 bits per heavy atom. The first-order chi connectivity index (χ1) is 12.6. The second-order valence-corrected chi connectivity index (χ2v) is 6.18. The number of aromatic amines is 1. The molecule has 0 saturated carbocycles. The molecule has 0 spiro atoms. The van der Waals surface area contributed by atoms with E-state index in [9.17, 15) is 4.79 Å². The molecule has 3 aromatic heterocycles. The third-order valence-electron chi connectivity index (χ3n) is 4.50. The number of benzene rings is 1. The van der Waals surface area contributed by atoms with E-state index in [0.717, 1.165) is 33.5 Å². The quantitative estimate of drug-likeness (QED) is 0.592. The fourth-order valence-corrected chi connectivity index (χ4v) is 3.14. The topological polar surface area (TPSA) is 102 Å². The molecule has 0 bridgehead atoms. The minimum Gasteiger partial charge on any atom is -0.325 e. The molecule has 0 fully saturated rings. The van der Waals surface area contributed by atoms with Gasteiger partial charge in [0.05, 0.1) is 23.0 Å². The summed E-state index contributed by atoms with van der Waals surface area (Å²) >= 11 is 0. The summed E-state index contributed by atoms with van der Waals surface area (Å²) in [7, 11) is 1.90. The molecular weight excluding hydrogens is 328 g/mol. The molecule has 4 aromatic rings. The molecule has 0 unspecified atom stereocenters. The molecule has 1 aromatic carbocycles. The van der Waals surface area contributed by atoms with Crippen LogP contribution >= 0.6 is 0 Å². The molecule has 130 valence electrons. The van der Waals surface area contributed by atoms with Gasteiger partial charge >= 0.3 is 0 Å². The fraction of sp³-hybridized carbons (Fsp3) is 0.158. The Kier molecular flexibility index (Phi) is 3.85. The lowest BCUT2D eigenvalue weighted by molar-refractivity contribution is 0.775. The van der Waals surface area contributed by atoms with Crippen LogP contribution in [0.3, 0.4) is 0 Å². The molecular formula is C19H18N6O. The monoisotopic (exact) mass is 346 g/mol. The number of pyridine rings is 1. The van der Waals surface area contributed by atoms with Gasteiger partial charge in [-0.2, -0.15) is 10.2 Å². The predicted molar refractivity (Wildman–Crippen MR) is 100 cm³/mol. The Balaban J connectivity index is 1.94. The van der Waals surface area contributed by atoms with E-state index in [0.29, 0.717) is 11.1 Å². The summed E-state index contributed by atoms with van der Waals surface area (Å²) in [5, 5.41) is 12.3. The number of nitrogens with two attached hydrogens (primary N) is 1. The lowest BCUT2D eigenvalue weighted by Crippen LogP contribution is -2.13. The molecule has 0 aliphatic heterocycles. The predicted octanol–water partition coefficient (Wildman–Crippen LogP) is 2.15. The van der Waals surface area contributed by atoms with E-state index in [1.165, 1.54) is 0 Å². The van der Waals surface area contributed by atoms with Crippen LogP contribution in [-0.2, 0) is 13.6 Å². The van der Waals surface area contributed by atoms with E-state index >= 15 is 0 Å². The number of fused-ring (bicyclic) bond motifs is 1. The molecule has 0 aliphatic carbocycles. The standard InChI is InChI=1S/C19H18N6O/c1-11-3-4-13(9-21-11)18-16(10-22-25(18)2)12-5-6-14-15(7-12)17(8-20)23-24-19(14)26/h3-7,9-10H,8,20H2,1-2H3,(H,24,26). The van der Waals surface area contributed by atoms with Crippen molar-refractivity contribution in [2.45, 2.75) is 13.5 Å². The van der Waals surface area contributed by atoms with Crippen LogP contribution in [0.25, 0.3) is 33.2 Å². The summed E-state index contributed by atoms with van der Waals surface area (Å²) in [6, 6.07) is 9.67. The number of aromatic nitrogens is 5. The highest BCUT2D eigenvalue weighted by Gasteiger charge is 2.15. The van der Waals surface area contributed by atoms with Crippen molar-refractivity contribution in [1.82, 2.24) is 25.0 Å². The molecule has 3 N–H and O–H groups in total. The van der Waals surface area contributed by atoms with E-state index in [4.69, 9.17) is 5.73 Å². The van der Waals surface area contributed by atoms with E-state index in [-0.39, 0.29) is 12.1 Å². The Morgan fingerprint density at radius 1 is 1.12 bits per heavy atom. The largest absolute Gasteiger partial charge is 0.325 e.